The molecule has 2 heterocycles. The summed E-state index contributed by atoms with van der Waals surface area (Å²) < 4.78 is 10.3. The van der Waals surface area contributed by atoms with E-state index >= 15 is 0 Å². The molecule has 1 fully saturated rings. The highest BCUT2D eigenvalue weighted by Gasteiger charge is 2.36. The van der Waals surface area contributed by atoms with Gasteiger partial charge in [-0.3, -0.25) is 14.8 Å². The van der Waals surface area contributed by atoms with Crippen LogP contribution in [-0.4, -0.2) is 42.0 Å². The lowest BCUT2D eigenvalue weighted by molar-refractivity contribution is -0.124. The first-order valence-electron chi connectivity index (χ1n) is 8.10. The molecular formula is C17H18N4O4. The van der Waals surface area contributed by atoms with Gasteiger partial charge in [-0.2, -0.15) is 0 Å². The molecule has 2 aliphatic rings. The van der Waals surface area contributed by atoms with Crippen molar-refractivity contribution in [3.8, 4) is 17.1 Å². The molecule has 1 aromatic carbocycles. The number of benzene rings is 1. The summed E-state index contributed by atoms with van der Waals surface area (Å²) in [6, 6.07) is 5.76. The molecule has 1 saturated heterocycles. The maximum atomic E-state index is 12.0. The number of methoxy groups -OCH3 is 1. The monoisotopic (exact) mass is 342 g/mol. The van der Waals surface area contributed by atoms with Crippen molar-refractivity contribution in [2.24, 2.45) is 5.73 Å². The number of hydrogen-bond acceptors (Lipinski definition) is 5. The number of aromatic amines is 1. The number of aromatic nitrogens is 2. The van der Waals surface area contributed by atoms with Crippen LogP contribution in [-0.2, 0) is 22.4 Å². The molecular weight excluding hydrogens is 324 g/mol. The Labute approximate surface area is 143 Å². The molecule has 2 aromatic rings. The van der Waals surface area contributed by atoms with E-state index < -0.39 is 18.1 Å². The lowest BCUT2D eigenvalue weighted by Gasteiger charge is -2.15. The van der Waals surface area contributed by atoms with Crippen molar-refractivity contribution in [3.63, 3.8) is 0 Å². The van der Waals surface area contributed by atoms with E-state index in [-0.39, 0.29) is 6.54 Å². The van der Waals surface area contributed by atoms with Crippen LogP contribution in [0.25, 0.3) is 11.3 Å². The molecule has 4 rings (SSSR count). The number of cyclic esters (lactones) is 1. The molecule has 1 aromatic heterocycles. The van der Waals surface area contributed by atoms with E-state index in [2.05, 4.69) is 10.2 Å². The van der Waals surface area contributed by atoms with Gasteiger partial charge in [0.15, 0.2) is 6.10 Å². The Morgan fingerprint density at radius 2 is 2.28 bits per heavy atom. The predicted molar refractivity (Wildman–Crippen MR) is 89.4 cm³/mol. The molecule has 0 unspecified atom stereocenters. The molecule has 3 N–H and O–H groups in total. The lowest BCUT2D eigenvalue weighted by Crippen LogP contribution is -2.32. The van der Waals surface area contributed by atoms with Crippen LogP contribution in [0, 0.1) is 0 Å². The van der Waals surface area contributed by atoms with Gasteiger partial charge in [0.1, 0.15) is 0 Å². The van der Waals surface area contributed by atoms with Crippen LogP contribution in [0.1, 0.15) is 17.5 Å². The van der Waals surface area contributed by atoms with E-state index in [1.165, 1.54) is 4.90 Å². The third kappa shape index (κ3) is 2.50. The minimum atomic E-state index is -0.908. The van der Waals surface area contributed by atoms with Gasteiger partial charge in [-0.15, -0.1) is 5.10 Å². The van der Waals surface area contributed by atoms with E-state index in [9.17, 15) is 9.59 Å². The van der Waals surface area contributed by atoms with Crippen molar-refractivity contribution in [1.29, 1.82) is 0 Å². The second kappa shape index (κ2) is 5.80. The molecule has 130 valence electrons. The molecule has 2 amide bonds. The van der Waals surface area contributed by atoms with Gasteiger partial charge in [-0.05, 0) is 37.0 Å². The molecule has 8 heteroatoms. The van der Waals surface area contributed by atoms with E-state index in [1.807, 2.05) is 18.2 Å². The first kappa shape index (κ1) is 15.5. The standard InChI is InChI=1S/C17H18N4O4/c1-24-16-12-4-2-3-9-7-10(5-6-11(9)14(12)19-20-16)21-8-13(15(18)22)25-17(21)23/h5-7,13H,2-4,8H2,1H3,(H2,18,22)(H,19,20)/t13-/m1/s1. The molecule has 1 aliphatic carbocycles. The number of carbonyl (C=O) groups excluding carboxylic acids is 2. The van der Waals surface area contributed by atoms with Gasteiger partial charge in [0.05, 0.1) is 19.3 Å². The molecule has 0 bridgehead atoms. The van der Waals surface area contributed by atoms with Crippen LogP contribution in [0.3, 0.4) is 0 Å². The fourth-order valence-corrected chi connectivity index (χ4v) is 3.45. The molecule has 1 atom stereocenters. The number of H-pyrrole nitrogens is 1. The van der Waals surface area contributed by atoms with Crippen LogP contribution in [0.5, 0.6) is 5.88 Å². The van der Waals surface area contributed by atoms with E-state index in [1.54, 1.807) is 7.11 Å². The third-order valence-electron chi connectivity index (χ3n) is 4.69. The highest BCUT2D eigenvalue weighted by atomic mass is 16.6. The van der Waals surface area contributed by atoms with Gasteiger partial charge in [-0.25, -0.2) is 4.79 Å². The normalized spacial score (nSPS) is 19.0. The number of amides is 2. The van der Waals surface area contributed by atoms with Crippen LogP contribution in [0.2, 0.25) is 0 Å². The summed E-state index contributed by atoms with van der Waals surface area (Å²) in [7, 11) is 1.61. The van der Waals surface area contributed by atoms with Crippen molar-refractivity contribution in [3.05, 3.63) is 29.3 Å². The summed E-state index contributed by atoms with van der Waals surface area (Å²) in [4.78, 5) is 24.7. The number of aryl methyl sites for hydroxylation is 1. The zero-order valence-corrected chi connectivity index (χ0v) is 13.7. The Kier molecular flexibility index (Phi) is 3.60. The smallest absolute Gasteiger partial charge is 0.415 e. The average Bonchev–Trinajstić information content (AvgIpc) is 3.13. The summed E-state index contributed by atoms with van der Waals surface area (Å²) in [5, 5.41) is 7.27. The van der Waals surface area contributed by atoms with Crippen LogP contribution in [0.15, 0.2) is 18.2 Å². The fourth-order valence-electron chi connectivity index (χ4n) is 3.45. The highest BCUT2D eigenvalue weighted by molar-refractivity contribution is 5.95. The van der Waals surface area contributed by atoms with Gasteiger partial charge in [0, 0.05) is 16.8 Å². The van der Waals surface area contributed by atoms with Crippen molar-refractivity contribution < 1.29 is 19.1 Å². The van der Waals surface area contributed by atoms with Crippen molar-refractivity contribution >= 4 is 17.7 Å². The number of nitrogens with one attached hydrogen (secondary N) is 1. The van der Waals surface area contributed by atoms with E-state index in [4.69, 9.17) is 15.2 Å². The summed E-state index contributed by atoms with van der Waals surface area (Å²) in [5.41, 5.74) is 10.1. The third-order valence-corrected chi connectivity index (χ3v) is 4.69. The molecule has 0 saturated carbocycles. The van der Waals surface area contributed by atoms with Crippen molar-refractivity contribution in [2.45, 2.75) is 25.4 Å². The Balaban J connectivity index is 1.70. The predicted octanol–water partition coefficient (Wildman–Crippen LogP) is 1.38. The Bertz CT molecular complexity index is 860. The number of carbonyl (C=O) groups is 2. The zero-order valence-electron chi connectivity index (χ0n) is 13.7. The number of hydrogen-bond donors (Lipinski definition) is 2. The number of primary amides is 1. The topological polar surface area (TPSA) is 111 Å². The van der Waals surface area contributed by atoms with Crippen molar-refractivity contribution in [1.82, 2.24) is 10.2 Å². The fraction of sp³-hybridized carbons (Fsp3) is 0.353. The van der Waals surface area contributed by atoms with Gasteiger partial charge in [-0.1, -0.05) is 6.07 Å². The first-order valence-corrected chi connectivity index (χ1v) is 8.10. The van der Waals surface area contributed by atoms with Crippen LogP contribution in [0.4, 0.5) is 10.5 Å². The largest absolute Gasteiger partial charge is 0.480 e. The summed E-state index contributed by atoms with van der Waals surface area (Å²) in [6.45, 7) is 0.135. The minimum Gasteiger partial charge on any atom is -0.480 e. The van der Waals surface area contributed by atoms with Gasteiger partial charge in [0.25, 0.3) is 5.91 Å². The number of nitrogens with zero attached hydrogens (tertiary/aromatic N) is 2. The maximum absolute atomic E-state index is 12.0. The first-order chi connectivity index (χ1) is 12.1. The second-order valence-electron chi connectivity index (χ2n) is 6.17. The summed E-state index contributed by atoms with van der Waals surface area (Å²) >= 11 is 0. The molecule has 0 radical (unpaired) electrons. The molecule has 1 aliphatic heterocycles. The maximum Gasteiger partial charge on any atom is 0.415 e. The molecule has 0 spiro atoms. The van der Waals surface area contributed by atoms with Gasteiger partial charge in [0.2, 0.25) is 5.88 Å². The van der Waals surface area contributed by atoms with Gasteiger partial charge < -0.3 is 15.2 Å². The Morgan fingerprint density at radius 1 is 1.44 bits per heavy atom. The van der Waals surface area contributed by atoms with E-state index in [0.717, 1.165) is 41.6 Å². The molecule has 8 nitrogen and oxygen atoms in total. The average molecular weight is 342 g/mol. The Morgan fingerprint density at radius 3 is 3.00 bits per heavy atom. The van der Waals surface area contributed by atoms with Crippen molar-refractivity contribution in [2.75, 3.05) is 18.6 Å². The Hall–Kier alpha value is -3.03. The van der Waals surface area contributed by atoms with Crippen LogP contribution >= 0.6 is 0 Å². The van der Waals surface area contributed by atoms with Gasteiger partial charge >= 0.3 is 6.09 Å². The van der Waals surface area contributed by atoms with Crippen LogP contribution < -0.4 is 15.4 Å². The zero-order chi connectivity index (χ0) is 17.6. The quantitative estimate of drug-likeness (QED) is 0.875. The highest BCUT2D eigenvalue weighted by Crippen LogP contribution is 2.37. The minimum absolute atomic E-state index is 0.135. The second-order valence-corrected chi connectivity index (χ2v) is 6.17. The molecule has 25 heavy (non-hydrogen) atoms. The number of nitrogens with two attached hydrogens (primary N) is 1. The van der Waals surface area contributed by atoms with E-state index in [0.29, 0.717) is 11.6 Å². The SMILES string of the molecule is COc1n[nH]c2c1CCCc1cc(N3C[C@H](C(N)=O)OC3=O)ccc1-2. The summed E-state index contributed by atoms with van der Waals surface area (Å²) in [6.07, 6.45) is 1.23. The number of rotatable bonds is 3. The summed E-state index contributed by atoms with van der Waals surface area (Å²) in [5.74, 6) is -0.0147. The number of ether oxygens (including phenoxy) is 2. The lowest BCUT2D eigenvalue weighted by atomic mass is 10.0. The number of anilines is 1. The number of fused-ring (bicyclic) bond motifs is 3.